The van der Waals surface area contributed by atoms with Crippen molar-refractivity contribution in [1.29, 1.82) is 0 Å². The van der Waals surface area contributed by atoms with Gasteiger partial charge in [-0.15, -0.1) is 5.10 Å². The van der Waals surface area contributed by atoms with Gasteiger partial charge >= 0.3 is 0 Å². The number of rotatable bonds is 2. The van der Waals surface area contributed by atoms with Crippen LogP contribution >= 0.6 is 0 Å². The molecule has 0 spiro atoms. The average Bonchev–Trinajstić information content (AvgIpc) is 2.04. The maximum atomic E-state index is 4.23. The van der Waals surface area contributed by atoms with Gasteiger partial charge in [0.1, 0.15) is 6.33 Å². The van der Waals surface area contributed by atoms with Gasteiger partial charge in [0, 0.05) is 0 Å². The lowest BCUT2D eigenvalue weighted by atomic mass is 10.0. The smallest absolute Gasteiger partial charge is 0.138 e. The highest BCUT2D eigenvalue weighted by Crippen LogP contribution is 2.20. The third-order valence-electron chi connectivity index (χ3n) is 1.77. The molecule has 0 amide bonds. The summed E-state index contributed by atoms with van der Waals surface area (Å²) in [5.41, 5.74) is 2.09. The Balaban J connectivity index is 3.09. The van der Waals surface area contributed by atoms with Crippen molar-refractivity contribution in [1.82, 2.24) is 15.2 Å². The highest BCUT2D eigenvalue weighted by molar-refractivity contribution is 5.15. The monoisotopic (exact) mass is 165 g/mol. The fourth-order valence-corrected chi connectivity index (χ4v) is 1.15. The Morgan fingerprint density at radius 2 is 1.58 bits per heavy atom. The van der Waals surface area contributed by atoms with Crippen LogP contribution in [0.4, 0.5) is 0 Å². The number of hydrogen-bond donors (Lipinski definition) is 0. The first-order chi connectivity index (χ1) is 5.63. The highest BCUT2D eigenvalue weighted by Gasteiger charge is 2.12. The van der Waals surface area contributed by atoms with Crippen molar-refractivity contribution in [3.8, 4) is 0 Å². The van der Waals surface area contributed by atoms with E-state index < -0.39 is 0 Å². The molecule has 0 aliphatic carbocycles. The van der Waals surface area contributed by atoms with Crippen LogP contribution in [0.1, 0.15) is 50.9 Å². The van der Waals surface area contributed by atoms with Crippen LogP contribution in [0.15, 0.2) is 6.33 Å². The molecular weight excluding hydrogens is 150 g/mol. The average molecular weight is 165 g/mol. The van der Waals surface area contributed by atoms with E-state index in [9.17, 15) is 0 Å². The van der Waals surface area contributed by atoms with Gasteiger partial charge in [0.15, 0.2) is 0 Å². The molecule has 0 unspecified atom stereocenters. The predicted molar refractivity (Wildman–Crippen MR) is 48.0 cm³/mol. The van der Waals surface area contributed by atoms with Crippen molar-refractivity contribution in [2.24, 2.45) is 0 Å². The molecule has 1 heterocycles. The maximum absolute atomic E-state index is 4.23. The molecule has 0 atom stereocenters. The quantitative estimate of drug-likeness (QED) is 0.673. The second kappa shape index (κ2) is 3.61. The third kappa shape index (κ3) is 1.78. The Hall–Kier alpha value is -0.990. The van der Waals surface area contributed by atoms with Crippen molar-refractivity contribution in [3.05, 3.63) is 17.7 Å². The first-order valence-electron chi connectivity index (χ1n) is 4.30. The van der Waals surface area contributed by atoms with Gasteiger partial charge in [-0.1, -0.05) is 27.7 Å². The van der Waals surface area contributed by atoms with Crippen molar-refractivity contribution < 1.29 is 0 Å². The standard InChI is InChI=1S/C9H15N3/c1-6(2)8-9(7(3)4)12-11-5-10-8/h5-7H,1-4H3. The topological polar surface area (TPSA) is 38.7 Å². The second-order valence-electron chi connectivity index (χ2n) is 3.54. The van der Waals surface area contributed by atoms with Crippen LogP contribution in [0.3, 0.4) is 0 Å². The SMILES string of the molecule is CC(C)c1ncnnc1C(C)C. The molecule has 0 saturated carbocycles. The van der Waals surface area contributed by atoms with Gasteiger partial charge in [0.25, 0.3) is 0 Å². The largest absolute Gasteiger partial charge is 0.237 e. The van der Waals surface area contributed by atoms with Gasteiger partial charge in [-0.2, -0.15) is 5.10 Å². The normalized spacial score (nSPS) is 11.2. The zero-order valence-electron chi connectivity index (χ0n) is 8.07. The molecule has 0 aliphatic rings. The fraction of sp³-hybridized carbons (Fsp3) is 0.667. The van der Waals surface area contributed by atoms with E-state index in [2.05, 4.69) is 42.9 Å². The molecule has 1 rings (SSSR count). The Morgan fingerprint density at radius 1 is 1.00 bits per heavy atom. The minimum absolute atomic E-state index is 0.406. The molecule has 0 bridgehead atoms. The Labute approximate surface area is 73.2 Å². The highest BCUT2D eigenvalue weighted by atomic mass is 15.1. The first-order valence-corrected chi connectivity index (χ1v) is 4.30. The number of aromatic nitrogens is 3. The van der Waals surface area contributed by atoms with Crippen LogP contribution in [0.2, 0.25) is 0 Å². The van der Waals surface area contributed by atoms with Gasteiger partial charge in [0.2, 0.25) is 0 Å². The minimum atomic E-state index is 0.406. The van der Waals surface area contributed by atoms with E-state index >= 15 is 0 Å². The van der Waals surface area contributed by atoms with Crippen LogP contribution in [0.25, 0.3) is 0 Å². The summed E-state index contributed by atoms with van der Waals surface area (Å²) in [5.74, 6) is 0.835. The van der Waals surface area contributed by atoms with Crippen LogP contribution in [-0.4, -0.2) is 15.2 Å². The van der Waals surface area contributed by atoms with Crippen molar-refractivity contribution in [2.45, 2.75) is 39.5 Å². The zero-order valence-corrected chi connectivity index (χ0v) is 8.07. The van der Waals surface area contributed by atoms with Crippen molar-refractivity contribution in [3.63, 3.8) is 0 Å². The number of hydrogen-bond acceptors (Lipinski definition) is 3. The van der Waals surface area contributed by atoms with Crippen molar-refractivity contribution >= 4 is 0 Å². The van der Waals surface area contributed by atoms with E-state index in [0.717, 1.165) is 11.4 Å². The Bertz CT molecular complexity index is 229. The van der Waals surface area contributed by atoms with E-state index in [1.54, 1.807) is 0 Å². The molecule has 3 heteroatoms. The van der Waals surface area contributed by atoms with Gasteiger partial charge in [-0.3, -0.25) is 0 Å². The van der Waals surface area contributed by atoms with E-state index in [0.29, 0.717) is 11.8 Å². The van der Waals surface area contributed by atoms with Crippen molar-refractivity contribution in [2.75, 3.05) is 0 Å². The van der Waals surface area contributed by atoms with E-state index in [1.165, 1.54) is 6.33 Å². The summed E-state index contributed by atoms with van der Waals surface area (Å²) in [6.45, 7) is 8.46. The summed E-state index contributed by atoms with van der Waals surface area (Å²) in [4.78, 5) is 4.23. The lowest BCUT2D eigenvalue weighted by molar-refractivity contribution is 0.694. The van der Waals surface area contributed by atoms with E-state index in [1.807, 2.05) is 0 Å². The Morgan fingerprint density at radius 3 is 2.00 bits per heavy atom. The van der Waals surface area contributed by atoms with Gasteiger partial charge in [-0.05, 0) is 11.8 Å². The maximum Gasteiger partial charge on any atom is 0.138 e. The summed E-state index contributed by atoms with van der Waals surface area (Å²) in [7, 11) is 0. The molecule has 0 radical (unpaired) electrons. The van der Waals surface area contributed by atoms with Crippen LogP contribution < -0.4 is 0 Å². The van der Waals surface area contributed by atoms with Crippen LogP contribution in [0.5, 0.6) is 0 Å². The molecule has 1 aromatic rings. The number of nitrogens with zero attached hydrogens (tertiary/aromatic N) is 3. The molecule has 66 valence electrons. The fourth-order valence-electron chi connectivity index (χ4n) is 1.15. The molecule has 0 aliphatic heterocycles. The summed E-state index contributed by atoms with van der Waals surface area (Å²) in [6, 6.07) is 0. The molecular formula is C9H15N3. The summed E-state index contributed by atoms with van der Waals surface area (Å²) in [5, 5.41) is 7.87. The molecule has 0 N–H and O–H groups in total. The minimum Gasteiger partial charge on any atom is -0.237 e. The summed E-state index contributed by atoms with van der Waals surface area (Å²) in [6.07, 6.45) is 1.52. The molecule has 0 aromatic carbocycles. The molecule has 1 aromatic heterocycles. The van der Waals surface area contributed by atoms with E-state index in [4.69, 9.17) is 0 Å². The zero-order chi connectivity index (χ0) is 9.14. The Kier molecular flexibility index (Phi) is 2.74. The van der Waals surface area contributed by atoms with Gasteiger partial charge in [-0.25, -0.2) is 4.98 Å². The summed E-state index contributed by atoms with van der Waals surface area (Å²) >= 11 is 0. The predicted octanol–water partition coefficient (Wildman–Crippen LogP) is 2.12. The summed E-state index contributed by atoms with van der Waals surface area (Å²) < 4.78 is 0. The second-order valence-corrected chi connectivity index (χ2v) is 3.54. The third-order valence-corrected chi connectivity index (χ3v) is 1.77. The molecule has 0 fully saturated rings. The lowest BCUT2D eigenvalue weighted by Crippen LogP contribution is -2.05. The lowest BCUT2D eigenvalue weighted by Gasteiger charge is -2.10. The molecule has 12 heavy (non-hydrogen) atoms. The van der Waals surface area contributed by atoms with Gasteiger partial charge in [0.05, 0.1) is 11.4 Å². The van der Waals surface area contributed by atoms with E-state index in [-0.39, 0.29) is 0 Å². The molecule has 0 saturated heterocycles. The van der Waals surface area contributed by atoms with Crippen LogP contribution in [-0.2, 0) is 0 Å². The molecule has 3 nitrogen and oxygen atoms in total. The first kappa shape index (κ1) is 9.10. The van der Waals surface area contributed by atoms with Gasteiger partial charge < -0.3 is 0 Å². The van der Waals surface area contributed by atoms with Crippen LogP contribution in [0, 0.1) is 0 Å².